The van der Waals surface area contributed by atoms with Gasteiger partial charge in [0.15, 0.2) is 0 Å². The van der Waals surface area contributed by atoms with E-state index in [1.54, 1.807) is 0 Å². The number of nitrogens with zero attached hydrogens (tertiary/aromatic N) is 1. The van der Waals surface area contributed by atoms with Gasteiger partial charge in [0.05, 0.1) is 0 Å². The molecule has 0 saturated carbocycles. The van der Waals surface area contributed by atoms with Crippen LogP contribution < -0.4 is 5.32 Å². The van der Waals surface area contributed by atoms with Crippen LogP contribution in [0.4, 0.5) is 0 Å². The Morgan fingerprint density at radius 1 is 1.18 bits per heavy atom. The molecule has 0 radical (unpaired) electrons. The van der Waals surface area contributed by atoms with Crippen LogP contribution in [0.2, 0.25) is 0 Å². The van der Waals surface area contributed by atoms with Crippen molar-refractivity contribution in [3.8, 4) is 11.8 Å². The maximum absolute atomic E-state index is 3.68. The molecule has 2 nitrogen and oxygen atoms in total. The van der Waals surface area contributed by atoms with E-state index in [1.807, 2.05) is 6.92 Å². The maximum Gasteiger partial charge on any atom is 0.0361 e. The van der Waals surface area contributed by atoms with Crippen molar-refractivity contribution in [1.82, 2.24) is 10.2 Å². The van der Waals surface area contributed by atoms with Gasteiger partial charge in [-0.05, 0) is 46.8 Å². The SMILES string of the molecule is CC#CCC(NCCC)C(CC)(CC)N(C)C. The van der Waals surface area contributed by atoms with Crippen LogP contribution in [-0.4, -0.2) is 37.1 Å². The minimum Gasteiger partial charge on any atom is -0.311 e. The van der Waals surface area contributed by atoms with Gasteiger partial charge in [-0.2, -0.15) is 0 Å². The average Bonchev–Trinajstić information content (AvgIpc) is 2.33. The van der Waals surface area contributed by atoms with Gasteiger partial charge < -0.3 is 10.2 Å². The summed E-state index contributed by atoms with van der Waals surface area (Å²) >= 11 is 0. The average molecular weight is 238 g/mol. The molecule has 0 saturated heterocycles. The van der Waals surface area contributed by atoms with Crippen LogP contribution in [0.25, 0.3) is 0 Å². The van der Waals surface area contributed by atoms with Crippen molar-refractivity contribution in [2.75, 3.05) is 20.6 Å². The second-order valence-corrected chi connectivity index (χ2v) is 4.84. The van der Waals surface area contributed by atoms with Crippen LogP contribution in [0.3, 0.4) is 0 Å². The van der Waals surface area contributed by atoms with E-state index in [0.29, 0.717) is 6.04 Å². The summed E-state index contributed by atoms with van der Waals surface area (Å²) in [6.45, 7) is 9.77. The Hall–Kier alpha value is -0.520. The third-order valence-corrected chi connectivity index (χ3v) is 3.89. The summed E-state index contributed by atoms with van der Waals surface area (Å²) in [4.78, 5) is 2.37. The predicted octanol–water partition coefficient (Wildman–Crippen LogP) is 2.89. The van der Waals surface area contributed by atoms with Crippen molar-refractivity contribution in [3.05, 3.63) is 0 Å². The summed E-state index contributed by atoms with van der Waals surface area (Å²) in [6.07, 6.45) is 4.43. The second kappa shape index (κ2) is 8.55. The Labute approximate surface area is 108 Å². The summed E-state index contributed by atoms with van der Waals surface area (Å²) in [5.74, 6) is 6.27. The van der Waals surface area contributed by atoms with Crippen LogP contribution in [0.5, 0.6) is 0 Å². The molecule has 100 valence electrons. The highest BCUT2D eigenvalue weighted by atomic mass is 15.2. The zero-order valence-corrected chi connectivity index (χ0v) is 12.6. The number of hydrogen-bond acceptors (Lipinski definition) is 2. The molecule has 1 N–H and O–H groups in total. The number of nitrogens with one attached hydrogen (secondary N) is 1. The van der Waals surface area contributed by atoms with E-state index < -0.39 is 0 Å². The van der Waals surface area contributed by atoms with Gasteiger partial charge in [-0.15, -0.1) is 11.8 Å². The second-order valence-electron chi connectivity index (χ2n) is 4.84. The smallest absolute Gasteiger partial charge is 0.0361 e. The van der Waals surface area contributed by atoms with Gasteiger partial charge in [0, 0.05) is 18.0 Å². The van der Waals surface area contributed by atoms with Gasteiger partial charge in [-0.25, -0.2) is 0 Å². The first kappa shape index (κ1) is 16.5. The van der Waals surface area contributed by atoms with E-state index >= 15 is 0 Å². The van der Waals surface area contributed by atoms with Crippen molar-refractivity contribution in [2.45, 2.75) is 65.0 Å². The van der Waals surface area contributed by atoms with Gasteiger partial charge in [-0.1, -0.05) is 20.8 Å². The van der Waals surface area contributed by atoms with Gasteiger partial charge in [0.2, 0.25) is 0 Å². The first-order chi connectivity index (χ1) is 8.08. The molecule has 0 amide bonds. The van der Waals surface area contributed by atoms with E-state index in [-0.39, 0.29) is 5.54 Å². The van der Waals surface area contributed by atoms with E-state index in [1.165, 1.54) is 6.42 Å². The predicted molar refractivity (Wildman–Crippen MR) is 77.1 cm³/mol. The Morgan fingerprint density at radius 3 is 2.12 bits per heavy atom. The first-order valence-corrected chi connectivity index (χ1v) is 6.89. The minimum atomic E-state index is 0.221. The van der Waals surface area contributed by atoms with Crippen molar-refractivity contribution in [1.29, 1.82) is 0 Å². The van der Waals surface area contributed by atoms with Gasteiger partial charge in [0.25, 0.3) is 0 Å². The largest absolute Gasteiger partial charge is 0.311 e. The van der Waals surface area contributed by atoms with Crippen molar-refractivity contribution in [2.24, 2.45) is 0 Å². The monoisotopic (exact) mass is 238 g/mol. The first-order valence-electron chi connectivity index (χ1n) is 6.89. The van der Waals surface area contributed by atoms with Gasteiger partial charge in [-0.3, -0.25) is 0 Å². The van der Waals surface area contributed by atoms with Crippen LogP contribution >= 0.6 is 0 Å². The fraction of sp³-hybridized carbons (Fsp3) is 0.867. The molecule has 0 heterocycles. The van der Waals surface area contributed by atoms with E-state index in [2.05, 4.69) is 56.9 Å². The summed E-state index contributed by atoms with van der Waals surface area (Å²) in [6, 6.07) is 0.458. The molecule has 1 atom stereocenters. The van der Waals surface area contributed by atoms with E-state index in [9.17, 15) is 0 Å². The highest BCUT2D eigenvalue weighted by Gasteiger charge is 2.36. The molecule has 0 rings (SSSR count). The van der Waals surface area contributed by atoms with E-state index in [0.717, 1.165) is 25.8 Å². The zero-order chi connectivity index (χ0) is 13.3. The fourth-order valence-electron chi connectivity index (χ4n) is 2.66. The number of hydrogen-bond donors (Lipinski definition) is 1. The lowest BCUT2D eigenvalue weighted by molar-refractivity contribution is 0.0902. The molecule has 0 bridgehead atoms. The summed E-state index contributed by atoms with van der Waals surface area (Å²) in [5, 5.41) is 3.68. The molecule has 0 fully saturated rings. The molecule has 0 aromatic carbocycles. The summed E-state index contributed by atoms with van der Waals surface area (Å²) < 4.78 is 0. The van der Waals surface area contributed by atoms with Crippen LogP contribution in [0.15, 0.2) is 0 Å². The van der Waals surface area contributed by atoms with E-state index in [4.69, 9.17) is 0 Å². The lowest BCUT2D eigenvalue weighted by Gasteiger charge is -2.45. The summed E-state index contributed by atoms with van der Waals surface area (Å²) in [7, 11) is 4.38. The Morgan fingerprint density at radius 2 is 1.76 bits per heavy atom. The zero-order valence-electron chi connectivity index (χ0n) is 12.6. The van der Waals surface area contributed by atoms with Crippen LogP contribution in [-0.2, 0) is 0 Å². The molecule has 17 heavy (non-hydrogen) atoms. The number of rotatable bonds is 8. The molecular formula is C15H30N2. The molecular weight excluding hydrogens is 208 g/mol. The van der Waals surface area contributed by atoms with Crippen molar-refractivity contribution >= 4 is 0 Å². The normalized spacial score (nSPS) is 13.4. The quantitative estimate of drug-likeness (QED) is 0.654. The Balaban J connectivity index is 4.95. The Bertz CT molecular complexity index is 243. The lowest BCUT2D eigenvalue weighted by atomic mass is 9.81. The Kier molecular flexibility index (Phi) is 8.29. The highest BCUT2D eigenvalue weighted by molar-refractivity contribution is 5.06. The summed E-state index contributed by atoms with van der Waals surface area (Å²) in [5.41, 5.74) is 0.221. The maximum atomic E-state index is 3.68. The molecule has 0 spiro atoms. The molecule has 1 unspecified atom stereocenters. The minimum absolute atomic E-state index is 0.221. The standard InChI is InChI=1S/C15H30N2/c1-7-11-12-14(16-13-8-2)15(9-3,10-4)17(5)6/h14,16H,8-10,12-13H2,1-6H3. The molecule has 0 aliphatic carbocycles. The highest BCUT2D eigenvalue weighted by Crippen LogP contribution is 2.27. The number of likely N-dealkylation sites (N-methyl/N-ethyl adjacent to an activating group) is 1. The van der Waals surface area contributed by atoms with Crippen LogP contribution in [0.1, 0.15) is 53.4 Å². The van der Waals surface area contributed by atoms with Crippen molar-refractivity contribution in [3.63, 3.8) is 0 Å². The third kappa shape index (κ3) is 4.33. The van der Waals surface area contributed by atoms with Crippen LogP contribution in [0, 0.1) is 11.8 Å². The molecule has 0 aromatic heterocycles. The molecule has 0 aliphatic rings. The topological polar surface area (TPSA) is 15.3 Å². The lowest BCUT2D eigenvalue weighted by Crippen LogP contribution is -2.58. The van der Waals surface area contributed by atoms with Gasteiger partial charge in [0.1, 0.15) is 0 Å². The third-order valence-electron chi connectivity index (χ3n) is 3.89. The molecule has 2 heteroatoms. The molecule has 0 aliphatic heterocycles. The van der Waals surface area contributed by atoms with Crippen molar-refractivity contribution < 1.29 is 0 Å². The molecule has 0 aromatic rings. The fourth-order valence-corrected chi connectivity index (χ4v) is 2.66. The van der Waals surface area contributed by atoms with Gasteiger partial charge >= 0.3 is 0 Å².